The topological polar surface area (TPSA) is 56.2 Å². The number of carbonyl (C=O) groups is 1. The van der Waals surface area contributed by atoms with Gasteiger partial charge in [-0.15, -0.1) is 0 Å². The van der Waals surface area contributed by atoms with Gasteiger partial charge in [0, 0.05) is 23.1 Å². The fraction of sp³-hybridized carbons (Fsp3) is 0.167. The van der Waals surface area contributed by atoms with Crippen molar-refractivity contribution in [2.24, 2.45) is 0 Å². The van der Waals surface area contributed by atoms with Gasteiger partial charge < -0.3 is 10.2 Å². The predicted octanol–water partition coefficient (Wildman–Crippen LogP) is 4.12. The number of aryl methyl sites for hydroxylation is 2. The molecule has 0 aliphatic carbocycles. The molecule has 0 bridgehead atoms. The lowest BCUT2D eigenvalue weighted by molar-refractivity contribution is 0.103. The summed E-state index contributed by atoms with van der Waals surface area (Å²) in [6.07, 6.45) is 0.668. The van der Waals surface area contributed by atoms with Crippen LogP contribution in [-0.4, -0.2) is 5.78 Å². The van der Waals surface area contributed by atoms with Crippen molar-refractivity contribution in [2.75, 3.05) is 5.73 Å². The third-order valence-electron chi connectivity index (χ3n) is 3.75. The van der Waals surface area contributed by atoms with Crippen LogP contribution in [0, 0.1) is 6.92 Å². The van der Waals surface area contributed by atoms with E-state index in [0.29, 0.717) is 29.0 Å². The summed E-state index contributed by atoms with van der Waals surface area (Å²) in [5.41, 5.74) is 9.34. The summed E-state index contributed by atoms with van der Waals surface area (Å²) in [4.78, 5) is 13.0. The molecule has 0 atom stereocenters. The van der Waals surface area contributed by atoms with Crippen LogP contribution < -0.4 is 5.73 Å². The van der Waals surface area contributed by atoms with Crippen molar-refractivity contribution in [3.8, 4) is 0 Å². The Bertz CT molecular complexity index is 810. The van der Waals surface area contributed by atoms with Crippen LogP contribution in [0.2, 0.25) is 0 Å². The monoisotopic (exact) mass is 279 g/mol. The third-order valence-corrected chi connectivity index (χ3v) is 3.75. The number of rotatable bonds is 3. The summed E-state index contributed by atoms with van der Waals surface area (Å²) in [7, 11) is 0. The molecule has 0 unspecified atom stereocenters. The number of furan rings is 1. The largest absolute Gasteiger partial charge is 0.460 e. The van der Waals surface area contributed by atoms with Gasteiger partial charge in [0.2, 0.25) is 0 Å². The number of hydrogen-bond donors (Lipinski definition) is 1. The summed E-state index contributed by atoms with van der Waals surface area (Å²) < 4.78 is 5.81. The minimum Gasteiger partial charge on any atom is -0.460 e. The van der Waals surface area contributed by atoms with Crippen LogP contribution in [0.15, 0.2) is 46.9 Å². The fourth-order valence-electron chi connectivity index (χ4n) is 2.72. The highest BCUT2D eigenvalue weighted by atomic mass is 16.3. The molecular weight excluding hydrogens is 262 g/mol. The van der Waals surface area contributed by atoms with Crippen molar-refractivity contribution in [1.82, 2.24) is 0 Å². The molecule has 2 N–H and O–H groups in total. The Morgan fingerprint density at radius 2 is 1.86 bits per heavy atom. The Hall–Kier alpha value is -2.55. The Balaban J connectivity index is 2.27. The highest BCUT2D eigenvalue weighted by molar-refractivity contribution is 6.19. The van der Waals surface area contributed by atoms with Gasteiger partial charge in [-0.3, -0.25) is 4.79 Å². The van der Waals surface area contributed by atoms with E-state index in [4.69, 9.17) is 10.2 Å². The molecule has 3 rings (SSSR count). The van der Waals surface area contributed by atoms with E-state index in [1.54, 1.807) is 6.07 Å². The lowest BCUT2D eigenvalue weighted by atomic mass is 9.95. The second-order valence-electron chi connectivity index (χ2n) is 5.12. The van der Waals surface area contributed by atoms with Crippen LogP contribution in [-0.2, 0) is 6.42 Å². The van der Waals surface area contributed by atoms with E-state index in [1.165, 1.54) is 0 Å². The molecular formula is C18H17NO2. The van der Waals surface area contributed by atoms with Crippen LogP contribution in [0.4, 0.5) is 5.69 Å². The molecule has 3 heteroatoms. The maximum atomic E-state index is 13.0. The average molecular weight is 279 g/mol. The van der Waals surface area contributed by atoms with Gasteiger partial charge in [0.15, 0.2) is 5.78 Å². The van der Waals surface area contributed by atoms with E-state index < -0.39 is 0 Å². The van der Waals surface area contributed by atoms with Gasteiger partial charge in [-0.25, -0.2) is 0 Å². The van der Waals surface area contributed by atoms with Gasteiger partial charge in [0.1, 0.15) is 11.3 Å². The zero-order chi connectivity index (χ0) is 15.0. The first-order valence-corrected chi connectivity index (χ1v) is 7.03. The van der Waals surface area contributed by atoms with Gasteiger partial charge >= 0.3 is 0 Å². The fourth-order valence-corrected chi connectivity index (χ4v) is 2.72. The molecule has 2 aromatic carbocycles. The summed E-state index contributed by atoms with van der Waals surface area (Å²) in [6.45, 7) is 3.88. The van der Waals surface area contributed by atoms with E-state index in [1.807, 2.05) is 50.2 Å². The SMILES string of the molecule is CCc1oc2ccccc2c1C(=O)c1c(C)cccc1N. The highest BCUT2D eigenvalue weighted by Crippen LogP contribution is 2.30. The number of para-hydroxylation sites is 1. The second-order valence-corrected chi connectivity index (χ2v) is 5.12. The van der Waals surface area contributed by atoms with Gasteiger partial charge in [-0.1, -0.05) is 37.3 Å². The average Bonchev–Trinajstić information content (AvgIpc) is 2.85. The molecule has 106 valence electrons. The maximum Gasteiger partial charge on any atom is 0.199 e. The zero-order valence-corrected chi connectivity index (χ0v) is 12.1. The molecule has 0 aliphatic rings. The number of nitrogens with two attached hydrogens (primary N) is 1. The summed E-state index contributed by atoms with van der Waals surface area (Å²) in [6, 6.07) is 13.1. The van der Waals surface area contributed by atoms with E-state index in [-0.39, 0.29) is 5.78 Å². The standard InChI is InChI=1S/C18H17NO2/c1-3-14-17(12-8-4-5-10-15(12)21-14)18(20)16-11(2)7-6-9-13(16)19/h4-10H,3,19H2,1-2H3. The van der Waals surface area contributed by atoms with Crippen molar-refractivity contribution in [2.45, 2.75) is 20.3 Å². The number of benzene rings is 2. The van der Waals surface area contributed by atoms with Gasteiger partial charge in [-0.05, 0) is 24.6 Å². The Kier molecular flexibility index (Phi) is 3.26. The number of anilines is 1. The van der Waals surface area contributed by atoms with Crippen molar-refractivity contribution < 1.29 is 9.21 Å². The number of hydrogen-bond acceptors (Lipinski definition) is 3. The van der Waals surface area contributed by atoms with Crippen molar-refractivity contribution in [3.63, 3.8) is 0 Å². The summed E-state index contributed by atoms with van der Waals surface area (Å²) >= 11 is 0. The predicted molar refractivity (Wildman–Crippen MR) is 84.6 cm³/mol. The minimum absolute atomic E-state index is 0.0626. The molecule has 0 amide bonds. The second kappa shape index (κ2) is 5.09. The highest BCUT2D eigenvalue weighted by Gasteiger charge is 2.23. The van der Waals surface area contributed by atoms with Crippen LogP contribution in [0.1, 0.15) is 34.2 Å². The van der Waals surface area contributed by atoms with Crippen molar-refractivity contribution in [3.05, 3.63) is 64.9 Å². The van der Waals surface area contributed by atoms with Gasteiger partial charge in [0.05, 0.1) is 5.56 Å². The molecule has 21 heavy (non-hydrogen) atoms. The first-order valence-electron chi connectivity index (χ1n) is 7.03. The number of ketones is 1. The molecule has 0 saturated carbocycles. The van der Waals surface area contributed by atoms with Crippen LogP contribution in [0.5, 0.6) is 0 Å². The Labute approximate surface area is 123 Å². The summed E-state index contributed by atoms with van der Waals surface area (Å²) in [5.74, 6) is 0.649. The van der Waals surface area contributed by atoms with E-state index in [9.17, 15) is 4.79 Å². The maximum absolute atomic E-state index is 13.0. The van der Waals surface area contributed by atoms with Crippen LogP contribution in [0.25, 0.3) is 11.0 Å². The van der Waals surface area contributed by atoms with Gasteiger partial charge in [0.25, 0.3) is 0 Å². The van der Waals surface area contributed by atoms with Gasteiger partial charge in [-0.2, -0.15) is 0 Å². The first-order chi connectivity index (χ1) is 10.1. The Morgan fingerprint density at radius 1 is 1.10 bits per heavy atom. The molecule has 0 spiro atoms. The molecule has 0 fully saturated rings. The third kappa shape index (κ3) is 2.11. The lowest BCUT2D eigenvalue weighted by Crippen LogP contribution is -2.09. The molecule has 1 aromatic heterocycles. The molecule has 0 aliphatic heterocycles. The number of carbonyl (C=O) groups excluding carboxylic acids is 1. The summed E-state index contributed by atoms with van der Waals surface area (Å²) in [5, 5.41) is 0.849. The normalized spacial score (nSPS) is 11.0. The lowest BCUT2D eigenvalue weighted by Gasteiger charge is -2.08. The molecule has 3 aromatic rings. The number of fused-ring (bicyclic) bond motifs is 1. The molecule has 0 saturated heterocycles. The zero-order valence-electron chi connectivity index (χ0n) is 12.1. The molecule has 1 heterocycles. The van der Waals surface area contributed by atoms with E-state index in [0.717, 1.165) is 16.5 Å². The number of nitrogen functional groups attached to an aromatic ring is 1. The molecule has 3 nitrogen and oxygen atoms in total. The molecule has 0 radical (unpaired) electrons. The van der Waals surface area contributed by atoms with Crippen molar-refractivity contribution in [1.29, 1.82) is 0 Å². The first kappa shape index (κ1) is 13.4. The Morgan fingerprint density at radius 3 is 2.57 bits per heavy atom. The van der Waals surface area contributed by atoms with Crippen molar-refractivity contribution >= 4 is 22.4 Å². The van der Waals surface area contributed by atoms with E-state index >= 15 is 0 Å². The van der Waals surface area contributed by atoms with Crippen LogP contribution in [0.3, 0.4) is 0 Å². The minimum atomic E-state index is -0.0626. The quantitative estimate of drug-likeness (QED) is 0.579. The smallest absolute Gasteiger partial charge is 0.199 e. The van der Waals surface area contributed by atoms with Crippen LogP contribution >= 0.6 is 0 Å². The van der Waals surface area contributed by atoms with E-state index in [2.05, 4.69) is 0 Å².